The SMILES string of the molecule is O=C(/C=C/c1ccc(Cl)s1)NCc1ccccc1CS(=O)(=O)N1CCOCC1. The van der Waals surface area contributed by atoms with Gasteiger partial charge in [-0.3, -0.25) is 4.79 Å². The predicted octanol–water partition coefficient (Wildman–Crippen LogP) is 2.89. The number of benzene rings is 1. The number of sulfonamides is 1. The lowest BCUT2D eigenvalue weighted by Crippen LogP contribution is -2.41. The van der Waals surface area contributed by atoms with Gasteiger partial charge in [0.2, 0.25) is 15.9 Å². The Bertz CT molecular complexity index is 950. The van der Waals surface area contributed by atoms with Crippen molar-refractivity contribution in [2.24, 2.45) is 0 Å². The zero-order valence-electron chi connectivity index (χ0n) is 15.1. The Morgan fingerprint density at radius 2 is 1.89 bits per heavy atom. The zero-order valence-corrected chi connectivity index (χ0v) is 17.5. The van der Waals surface area contributed by atoms with Gasteiger partial charge in [-0.15, -0.1) is 11.3 Å². The van der Waals surface area contributed by atoms with Crippen LogP contribution in [-0.2, 0) is 31.9 Å². The van der Waals surface area contributed by atoms with E-state index in [1.165, 1.54) is 21.7 Å². The van der Waals surface area contributed by atoms with Gasteiger partial charge in [0.15, 0.2) is 0 Å². The van der Waals surface area contributed by atoms with Crippen LogP contribution < -0.4 is 5.32 Å². The summed E-state index contributed by atoms with van der Waals surface area (Å²) in [5.74, 6) is -0.349. The minimum atomic E-state index is -3.43. The highest BCUT2D eigenvalue weighted by molar-refractivity contribution is 7.88. The molecule has 1 amide bonds. The van der Waals surface area contributed by atoms with Gasteiger partial charge in [-0.2, -0.15) is 4.31 Å². The highest BCUT2D eigenvalue weighted by Gasteiger charge is 2.25. The van der Waals surface area contributed by atoms with E-state index in [0.717, 1.165) is 10.4 Å². The van der Waals surface area contributed by atoms with Crippen molar-refractivity contribution in [2.45, 2.75) is 12.3 Å². The molecule has 0 saturated carbocycles. The van der Waals surface area contributed by atoms with Gasteiger partial charge in [0.25, 0.3) is 0 Å². The van der Waals surface area contributed by atoms with Crippen LogP contribution in [0.15, 0.2) is 42.5 Å². The number of carbonyl (C=O) groups is 1. The molecule has 150 valence electrons. The summed E-state index contributed by atoms with van der Waals surface area (Å²) < 4.78 is 32.7. The summed E-state index contributed by atoms with van der Waals surface area (Å²) in [6.45, 7) is 1.83. The number of halogens is 1. The minimum Gasteiger partial charge on any atom is -0.379 e. The number of morpholine rings is 1. The largest absolute Gasteiger partial charge is 0.379 e. The van der Waals surface area contributed by atoms with E-state index in [0.29, 0.717) is 36.2 Å². The van der Waals surface area contributed by atoms with Crippen LogP contribution in [0, 0.1) is 0 Å². The standard InChI is InChI=1S/C19H21ClN2O4S2/c20-18-7-5-17(27-18)6-8-19(23)21-13-15-3-1-2-4-16(15)14-28(24,25)22-9-11-26-12-10-22/h1-8H,9-14H2,(H,21,23)/b8-6+. The second-order valence-corrected chi connectivity index (χ2v) is 9.94. The molecule has 1 aliphatic rings. The number of amides is 1. The first-order chi connectivity index (χ1) is 13.4. The summed E-state index contributed by atoms with van der Waals surface area (Å²) in [5.41, 5.74) is 1.46. The van der Waals surface area contributed by atoms with Gasteiger partial charge >= 0.3 is 0 Å². The molecule has 1 saturated heterocycles. The maximum Gasteiger partial charge on any atom is 0.244 e. The van der Waals surface area contributed by atoms with Gasteiger partial charge in [-0.1, -0.05) is 35.9 Å². The number of thiophene rings is 1. The third-order valence-corrected chi connectivity index (χ3v) is 7.29. The summed E-state index contributed by atoms with van der Waals surface area (Å²) in [6.07, 6.45) is 3.13. The molecule has 0 aliphatic carbocycles. The molecular formula is C19H21ClN2O4S2. The molecule has 0 unspecified atom stereocenters. The molecule has 1 aromatic carbocycles. The van der Waals surface area contributed by atoms with Crippen molar-refractivity contribution in [1.29, 1.82) is 0 Å². The molecule has 0 atom stereocenters. The molecule has 1 aliphatic heterocycles. The second kappa shape index (κ2) is 9.67. The summed E-state index contributed by atoms with van der Waals surface area (Å²) in [6, 6.07) is 10.8. The van der Waals surface area contributed by atoms with Crippen LogP contribution in [-0.4, -0.2) is 44.9 Å². The number of hydrogen-bond donors (Lipinski definition) is 1. The van der Waals surface area contributed by atoms with Crippen molar-refractivity contribution in [1.82, 2.24) is 9.62 Å². The Kier molecular flexibility index (Phi) is 7.25. The van der Waals surface area contributed by atoms with Crippen LogP contribution in [0.2, 0.25) is 4.34 Å². The van der Waals surface area contributed by atoms with Crippen molar-refractivity contribution in [2.75, 3.05) is 26.3 Å². The van der Waals surface area contributed by atoms with E-state index in [-0.39, 0.29) is 18.2 Å². The van der Waals surface area contributed by atoms with Crippen molar-refractivity contribution >= 4 is 44.9 Å². The van der Waals surface area contributed by atoms with Crippen LogP contribution in [0.25, 0.3) is 6.08 Å². The van der Waals surface area contributed by atoms with Crippen molar-refractivity contribution in [3.8, 4) is 0 Å². The van der Waals surface area contributed by atoms with E-state index in [1.807, 2.05) is 18.2 Å². The number of rotatable bonds is 7. The molecule has 3 rings (SSSR count). The fraction of sp³-hybridized carbons (Fsp3) is 0.316. The zero-order chi connectivity index (χ0) is 20.0. The monoisotopic (exact) mass is 440 g/mol. The second-order valence-electron chi connectivity index (χ2n) is 6.23. The van der Waals surface area contributed by atoms with Crippen LogP contribution in [0.5, 0.6) is 0 Å². The topological polar surface area (TPSA) is 75.7 Å². The van der Waals surface area contributed by atoms with Gasteiger partial charge in [0.1, 0.15) is 0 Å². The number of nitrogens with zero attached hydrogens (tertiary/aromatic N) is 1. The Morgan fingerprint density at radius 3 is 2.57 bits per heavy atom. The molecule has 2 heterocycles. The fourth-order valence-electron chi connectivity index (χ4n) is 2.80. The van der Waals surface area contributed by atoms with Gasteiger partial charge in [0.05, 0.1) is 23.3 Å². The van der Waals surface area contributed by atoms with Crippen LogP contribution in [0.3, 0.4) is 0 Å². The lowest BCUT2D eigenvalue weighted by Gasteiger charge is -2.26. The van der Waals surface area contributed by atoms with Crippen molar-refractivity contribution in [3.05, 3.63) is 62.8 Å². The predicted molar refractivity (Wildman–Crippen MR) is 112 cm³/mol. The van der Waals surface area contributed by atoms with E-state index in [1.54, 1.807) is 24.3 Å². The van der Waals surface area contributed by atoms with Crippen LogP contribution >= 0.6 is 22.9 Å². The average molecular weight is 441 g/mol. The lowest BCUT2D eigenvalue weighted by molar-refractivity contribution is -0.116. The summed E-state index contributed by atoms with van der Waals surface area (Å²) in [7, 11) is -3.43. The van der Waals surface area contributed by atoms with E-state index >= 15 is 0 Å². The smallest absolute Gasteiger partial charge is 0.244 e. The Morgan fingerprint density at radius 1 is 1.18 bits per heavy atom. The fourth-order valence-corrected chi connectivity index (χ4v) is 5.33. The lowest BCUT2D eigenvalue weighted by atomic mass is 10.1. The third-order valence-electron chi connectivity index (χ3n) is 4.27. The van der Waals surface area contributed by atoms with Gasteiger partial charge in [-0.05, 0) is 29.3 Å². The quantitative estimate of drug-likeness (QED) is 0.671. The molecule has 6 nitrogen and oxygen atoms in total. The Balaban J connectivity index is 1.62. The molecule has 1 fully saturated rings. The molecule has 28 heavy (non-hydrogen) atoms. The van der Waals surface area contributed by atoms with Crippen LogP contribution in [0.1, 0.15) is 16.0 Å². The molecular weight excluding hydrogens is 420 g/mol. The average Bonchev–Trinajstić information content (AvgIpc) is 3.11. The Hall–Kier alpha value is -1.71. The number of nitrogens with one attached hydrogen (secondary N) is 1. The minimum absolute atomic E-state index is 0.0947. The number of carbonyl (C=O) groups excluding carboxylic acids is 1. The van der Waals surface area contributed by atoms with Crippen molar-refractivity contribution in [3.63, 3.8) is 0 Å². The van der Waals surface area contributed by atoms with Crippen LogP contribution in [0.4, 0.5) is 0 Å². The van der Waals surface area contributed by atoms with E-state index in [4.69, 9.17) is 16.3 Å². The number of ether oxygens (including phenoxy) is 1. The molecule has 0 bridgehead atoms. The molecule has 1 aromatic heterocycles. The summed E-state index contributed by atoms with van der Waals surface area (Å²) >= 11 is 7.25. The molecule has 0 radical (unpaired) electrons. The summed E-state index contributed by atoms with van der Waals surface area (Å²) in [5, 5.41) is 2.80. The highest BCUT2D eigenvalue weighted by Crippen LogP contribution is 2.22. The molecule has 9 heteroatoms. The molecule has 1 N–H and O–H groups in total. The van der Waals surface area contributed by atoms with Crippen molar-refractivity contribution < 1.29 is 17.9 Å². The van der Waals surface area contributed by atoms with Gasteiger partial charge in [-0.25, -0.2) is 8.42 Å². The maximum absolute atomic E-state index is 12.7. The third kappa shape index (κ3) is 5.89. The number of hydrogen-bond acceptors (Lipinski definition) is 5. The molecule has 0 spiro atoms. The highest BCUT2D eigenvalue weighted by atomic mass is 35.5. The maximum atomic E-state index is 12.7. The van der Waals surface area contributed by atoms with Gasteiger partial charge < -0.3 is 10.1 Å². The van der Waals surface area contributed by atoms with E-state index in [2.05, 4.69) is 5.32 Å². The first-order valence-corrected chi connectivity index (χ1v) is 11.6. The van der Waals surface area contributed by atoms with E-state index < -0.39 is 10.0 Å². The summed E-state index contributed by atoms with van der Waals surface area (Å²) in [4.78, 5) is 13.0. The normalized spacial score (nSPS) is 15.8. The van der Waals surface area contributed by atoms with Gasteiger partial charge in [0, 0.05) is 30.6 Å². The first kappa shape index (κ1) is 21.0. The molecule has 2 aromatic rings. The van der Waals surface area contributed by atoms with E-state index in [9.17, 15) is 13.2 Å². The Labute approximate surface area is 173 Å². The first-order valence-electron chi connectivity index (χ1n) is 8.78.